The molecule has 3 rings (SSSR count). The van der Waals surface area contributed by atoms with E-state index in [0.717, 1.165) is 17.1 Å². The van der Waals surface area contributed by atoms with Crippen molar-refractivity contribution in [3.8, 4) is 6.01 Å². The van der Waals surface area contributed by atoms with Gasteiger partial charge in [0.05, 0.1) is 13.3 Å². The molecule has 0 unspecified atom stereocenters. The van der Waals surface area contributed by atoms with Crippen molar-refractivity contribution in [1.29, 1.82) is 0 Å². The molecule has 22 heavy (non-hydrogen) atoms. The molecule has 0 amide bonds. The van der Waals surface area contributed by atoms with Crippen molar-refractivity contribution in [2.24, 2.45) is 0 Å². The Hall–Kier alpha value is -2.28. The summed E-state index contributed by atoms with van der Waals surface area (Å²) in [4.78, 5) is 16.9. The first-order chi connectivity index (χ1) is 10.6. The average molecular weight is 321 g/mol. The van der Waals surface area contributed by atoms with Gasteiger partial charge in [-0.2, -0.15) is 9.97 Å². The maximum Gasteiger partial charge on any atom is 0.320 e. The first-order valence-corrected chi connectivity index (χ1v) is 7.33. The molecule has 2 aromatic rings. The molecule has 0 saturated carbocycles. The number of rotatable bonds is 4. The molecule has 0 bridgehead atoms. The van der Waals surface area contributed by atoms with Crippen molar-refractivity contribution in [2.45, 2.75) is 13.5 Å². The van der Waals surface area contributed by atoms with Crippen molar-refractivity contribution in [3.05, 3.63) is 29.0 Å². The minimum Gasteiger partial charge on any atom is -0.464 e. The second-order valence-electron chi connectivity index (χ2n) is 5.02. The molecule has 1 aliphatic heterocycles. The minimum absolute atomic E-state index is 0.299. The van der Waals surface area contributed by atoms with Gasteiger partial charge >= 0.3 is 6.01 Å². The summed E-state index contributed by atoms with van der Waals surface area (Å²) in [5.74, 6) is 1.20. The Morgan fingerprint density at radius 3 is 2.86 bits per heavy atom. The molecule has 8 heteroatoms. The van der Waals surface area contributed by atoms with Crippen LogP contribution in [-0.4, -0.2) is 35.3 Å². The van der Waals surface area contributed by atoms with Crippen molar-refractivity contribution in [3.63, 3.8) is 0 Å². The quantitative estimate of drug-likeness (QED) is 0.862. The summed E-state index contributed by atoms with van der Waals surface area (Å²) in [6, 6.07) is 4.02. The lowest BCUT2D eigenvalue weighted by atomic mass is 10.2. The minimum atomic E-state index is 0.299. The summed E-state index contributed by atoms with van der Waals surface area (Å²) >= 11 is 5.82. The summed E-state index contributed by atoms with van der Waals surface area (Å²) in [5.41, 5.74) is 7.91. The van der Waals surface area contributed by atoms with Gasteiger partial charge in [0, 0.05) is 19.8 Å². The summed E-state index contributed by atoms with van der Waals surface area (Å²) < 4.78 is 5.38. The lowest BCUT2D eigenvalue weighted by Crippen LogP contribution is -2.28. The van der Waals surface area contributed by atoms with Gasteiger partial charge in [0.25, 0.3) is 0 Å². The van der Waals surface area contributed by atoms with Crippen LogP contribution in [0.15, 0.2) is 18.3 Å². The summed E-state index contributed by atoms with van der Waals surface area (Å²) in [6.45, 7) is 3.71. The van der Waals surface area contributed by atoms with E-state index in [0.29, 0.717) is 36.8 Å². The zero-order chi connectivity index (χ0) is 15.7. The van der Waals surface area contributed by atoms with E-state index in [1.54, 1.807) is 12.3 Å². The van der Waals surface area contributed by atoms with Crippen LogP contribution in [0.5, 0.6) is 6.01 Å². The fraction of sp³-hybridized carbons (Fsp3) is 0.357. The molecule has 116 valence electrons. The SMILES string of the molecule is CCOc1nc(N)c2c(n1)N(Cc1ccc(Cl)nc1)CN2C. The standard InChI is InChI=1S/C14H17ClN6O/c1-3-22-14-18-12(16)11-13(19-14)21(8-20(11)2)7-9-4-5-10(15)17-6-9/h4-6H,3,7-8H2,1-2H3,(H2,16,18,19). The van der Waals surface area contributed by atoms with E-state index in [2.05, 4.69) is 19.9 Å². The number of aromatic nitrogens is 3. The molecule has 0 saturated heterocycles. The molecule has 0 atom stereocenters. The van der Waals surface area contributed by atoms with Gasteiger partial charge in [-0.05, 0) is 18.6 Å². The third-order valence-electron chi connectivity index (χ3n) is 3.37. The normalized spacial score (nSPS) is 13.4. The van der Waals surface area contributed by atoms with Crippen molar-refractivity contribution in [2.75, 3.05) is 35.9 Å². The fourth-order valence-corrected chi connectivity index (χ4v) is 2.57. The van der Waals surface area contributed by atoms with Gasteiger partial charge in [-0.1, -0.05) is 17.7 Å². The first-order valence-electron chi connectivity index (χ1n) is 6.95. The van der Waals surface area contributed by atoms with E-state index in [9.17, 15) is 0 Å². The molecule has 3 heterocycles. The van der Waals surface area contributed by atoms with Gasteiger partial charge in [0.1, 0.15) is 10.8 Å². The van der Waals surface area contributed by atoms with E-state index in [1.165, 1.54) is 0 Å². The second-order valence-corrected chi connectivity index (χ2v) is 5.41. The van der Waals surface area contributed by atoms with E-state index in [-0.39, 0.29) is 0 Å². The molecular weight excluding hydrogens is 304 g/mol. The molecule has 2 aromatic heterocycles. The predicted octanol–water partition coefficient (Wildman–Crippen LogP) is 1.92. The number of anilines is 3. The molecule has 2 N–H and O–H groups in total. The topological polar surface area (TPSA) is 80.4 Å². The maximum absolute atomic E-state index is 6.04. The number of hydrogen-bond acceptors (Lipinski definition) is 7. The zero-order valence-corrected chi connectivity index (χ0v) is 13.2. The molecule has 7 nitrogen and oxygen atoms in total. The Morgan fingerprint density at radius 1 is 1.36 bits per heavy atom. The predicted molar refractivity (Wildman–Crippen MR) is 86.3 cm³/mol. The lowest BCUT2D eigenvalue weighted by Gasteiger charge is -2.18. The van der Waals surface area contributed by atoms with E-state index < -0.39 is 0 Å². The van der Waals surface area contributed by atoms with Crippen LogP contribution >= 0.6 is 11.6 Å². The summed E-state index contributed by atoms with van der Waals surface area (Å²) in [6.07, 6.45) is 1.76. The van der Waals surface area contributed by atoms with Crippen molar-refractivity contribution < 1.29 is 4.74 Å². The Bertz CT molecular complexity index is 678. The van der Waals surface area contributed by atoms with Crippen molar-refractivity contribution >= 4 is 28.9 Å². The number of nitrogens with zero attached hydrogens (tertiary/aromatic N) is 5. The highest BCUT2D eigenvalue weighted by molar-refractivity contribution is 6.29. The number of fused-ring (bicyclic) bond motifs is 1. The van der Waals surface area contributed by atoms with E-state index in [1.807, 2.05) is 24.9 Å². The Labute approximate surface area is 133 Å². The van der Waals surface area contributed by atoms with Crippen LogP contribution in [0.2, 0.25) is 5.15 Å². The zero-order valence-electron chi connectivity index (χ0n) is 12.5. The molecule has 1 aliphatic rings. The third-order valence-corrected chi connectivity index (χ3v) is 3.60. The molecule has 0 aromatic carbocycles. The number of nitrogens with two attached hydrogens (primary N) is 1. The number of ether oxygens (including phenoxy) is 1. The van der Waals surface area contributed by atoms with Crippen LogP contribution < -0.4 is 20.3 Å². The largest absolute Gasteiger partial charge is 0.464 e. The maximum atomic E-state index is 6.04. The first kappa shape index (κ1) is 14.6. The van der Waals surface area contributed by atoms with Crippen molar-refractivity contribution in [1.82, 2.24) is 15.0 Å². The Kier molecular flexibility index (Phi) is 3.89. The molecule has 0 aliphatic carbocycles. The molecule has 0 fully saturated rings. The number of halogens is 1. The molecule has 0 radical (unpaired) electrons. The fourth-order valence-electron chi connectivity index (χ4n) is 2.46. The van der Waals surface area contributed by atoms with Gasteiger partial charge in [0.15, 0.2) is 11.6 Å². The number of hydrogen-bond donors (Lipinski definition) is 1. The average Bonchev–Trinajstić information content (AvgIpc) is 2.78. The second kappa shape index (κ2) is 5.84. The van der Waals surface area contributed by atoms with Crippen LogP contribution in [0.25, 0.3) is 0 Å². The number of nitrogen functional groups attached to an aromatic ring is 1. The molecule has 0 spiro atoms. The van der Waals surface area contributed by atoms with Gasteiger partial charge in [-0.3, -0.25) is 0 Å². The highest BCUT2D eigenvalue weighted by Gasteiger charge is 2.29. The van der Waals surface area contributed by atoms with Crippen LogP contribution in [0.1, 0.15) is 12.5 Å². The van der Waals surface area contributed by atoms with Crippen LogP contribution in [0, 0.1) is 0 Å². The van der Waals surface area contributed by atoms with Crippen LogP contribution in [0.3, 0.4) is 0 Å². The Balaban J connectivity index is 1.91. The van der Waals surface area contributed by atoms with E-state index in [4.69, 9.17) is 22.1 Å². The highest BCUT2D eigenvalue weighted by Crippen LogP contribution is 2.39. The number of pyridine rings is 1. The summed E-state index contributed by atoms with van der Waals surface area (Å²) in [7, 11) is 1.96. The van der Waals surface area contributed by atoms with Gasteiger partial charge < -0.3 is 20.3 Å². The summed E-state index contributed by atoms with van der Waals surface area (Å²) in [5, 5.41) is 0.480. The van der Waals surface area contributed by atoms with Crippen LogP contribution in [0.4, 0.5) is 17.3 Å². The highest BCUT2D eigenvalue weighted by atomic mass is 35.5. The van der Waals surface area contributed by atoms with Crippen LogP contribution in [-0.2, 0) is 6.54 Å². The monoisotopic (exact) mass is 320 g/mol. The molecular formula is C14H17ClN6O. The van der Waals surface area contributed by atoms with Gasteiger partial charge in [-0.25, -0.2) is 4.98 Å². The van der Waals surface area contributed by atoms with Gasteiger partial charge in [-0.15, -0.1) is 0 Å². The third kappa shape index (κ3) is 2.71. The van der Waals surface area contributed by atoms with Gasteiger partial charge in [0.2, 0.25) is 0 Å². The lowest BCUT2D eigenvalue weighted by molar-refractivity contribution is 0.313. The Morgan fingerprint density at radius 2 is 2.18 bits per heavy atom. The smallest absolute Gasteiger partial charge is 0.320 e. The van der Waals surface area contributed by atoms with E-state index >= 15 is 0 Å².